The van der Waals surface area contributed by atoms with Crippen LogP contribution >= 0.6 is 0 Å². The molecule has 0 aromatic heterocycles. The number of hydrogen-bond acceptors (Lipinski definition) is 2. The first-order chi connectivity index (χ1) is 9.66. The lowest BCUT2D eigenvalue weighted by molar-refractivity contribution is -0.147. The van der Waals surface area contributed by atoms with Gasteiger partial charge in [-0.3, -0.25) is 4.79 Å². The van der Waals surface area contributed by atoms with Crippen LogP contribution in [0.25, 0.3) is 0 Å². The highest BCUT2D eigenvalue weighted by Crippen LogP contribution is 2.57. The van der Waals surface area contributed by atoms with Crippen LogP contribution in [0.3, 0.4) is 0 Å². The minimum atomic E-state index is -0.133. The summed E-state index contributed by atoms with van der Waals surface area (Å²) >= 11 is 0. The first-order valence-corrected chi connectivity index (χ1v) is 7.97. The van der Waals surface area contributed by atoms with Gasteiger partial charge in [0.25, 0.3) is 0 Å². The molecule has 1 saturated carbocycles. The Bertz CT molecular complexity index is 552. The summed E-state index contributed by atoms with van der Waals surface area (Å²) in [6.45, 7) is 1.53. The van der Waals surface area contributed by atoms with E-state index in [2.05, 4.69) is 18.2 Å². The van der Waals surface area contributed by atoms with Crippen LogP contribution in [0.5, 0.6) is 0 Å². The third kappa shape index (κ3) is 1.81. The van der Waals surface area contributed by atoms with E-state index in [1.807, 2.05) is 0 Å². The average Bonchev–Trinajstić information content (AvgIpc) is 2.74. The number of carbonyl (C=O) groups excluding carboxylic acids is 1. The van der Waals surface area contributed by atoms with E-state index < -0.39 is 0 Å². The van der Waals surface area contributed by atoms with Crippen molar-refractivity contribution in [1.29, 1.82) is 0 Å². The van der Waals surface area contributed by atoms with Gasteiger partial charge in [0.1, 0.15) is 6.10 Å². The van der Waals surface area contributed by atoms with Crippen molar-refractivity contribution in [2.24, 2.45) is 11.3 Å². The van der Waals surface area contributed by atoms with Crippen LogP contribution in [-0.2, 0) is 9.53 Å². The van der Waals surface area contributed by atoms with E-state index in [-0.39, 0.29) is 12.1 Å². The lowest BCUT2D eigenvalue weighted by atomic mass is 9.62. The van der Waals surface area contributed by atoms with Crippen molar-refractivity contribution in [2.75, 3.05) is 0 Å². The Kier molecular flexibility index (Phi) is 2.70. The van der Waals surface area contributed by atoms with Crippen LogP contribution in [0, 0.1) is 11.3 Å². The molecule has 2 heteroatoms. The van der Waals surface area contributed by atoms with Crippen LogP contribution in [0.15, 0.2) is 34.9 Å². The molecule has 0 aromatic carbocycles. The van der Waals surface area contributed by atoms with E-state index in [4.69, 9.17) is 4.74 Å². The summed E-state index contributed by atoms with van der Waals surface area (Å²) in [4.78, 5) is 11.2. The van der Waals surface area contributed by atoms with Gasteiger partial charge in [-0.25, -0.2) is 0 Å². The lowest BCUT2D eigenvalue weighted by Crippen LogP contribution is -2.33. The Labute approximate surface area is 120 Å². The van der Waals surface area contributed by atoms with Crippen LogP contribution in [-0.4, -0.2) is 12.1 Å². The van der Waals surface area contributed by atoms with Crippen LogP contribution in [0.2, 0.25) is 0 Å². The SMILES string of the molecule is CC(=O)OC1CCC2CCC34C=C(C=CC3=C2C1)CC4. The molecule has 3 unspecified atom stereocenters. The normalized spacial score (nSPS) is 38.1. The van der Waals surface area contributed by atoms with E-state index in [0.29, 0.717) is 5.41 Å². The van der Waals surface area contributed by atoms with Crippen molar-refractivity contribution in [3.05, 3.63) is 34.9 Å². The van der Waals surface area contributed by atoms with Crippen molar-refractivity contribution in [1.82, 2.24) is 0 Å². The molecule has 106 valence electrons. The number of allylic oxidation sites excluding steroid dienone is 5. The van der Waals surface area contributed by atoms with Gasteiger partial charge < -0.3 is 4.74 Å². The second kappa shape index (κ2) is 4.34. The second-order valence-corrected chi connectivity index (χ2v) is 6.90. The minimum absolute atomic E-state index is 0.113. The molecule has 0 aliphatic heterocycles. The zero-order valence-electron chi connectivity index (χ0n) is 12.2. The van der Waals surface area contributed by atoms with Gasteiger partial charge in [-0.15, -0.1) is 0 Å². The fraction of sp³-hybridized carbons (Fsp3) is 0.611. The summed E-state index contributed by atoms with van der Waals surface area (Å²) in [5.41, 5.74) is 5.04. The summed E-state index contributed by atoms with van der Waals surface area (Å²) < 4.78 is 5.48. The van der Waals surface area contributed by atoms with Crippen molar-refractivity contribution in [2.45, 2.75) is 58.0 Å². The molecule has 20 heavy (non-hydrogen) atoms. The molecule has 4 aliphatic carbocycles. The van der Waals surface area contributed by atoms with Gasteiger partial charge in [-0.05, 0) is 50.0 Å². The Hall–Kier alpha value is -1.31. The van der Waals surface area contributed by atoms with E-state index in [1.54, 1.807) is 11.1 Å². The molecular formula is C18H22O2. The van der Waals surface area contributed by atoms with Crippen LogP contribution < -0.4 is 0 Å². The average molecular weight is 270 g/mol. The Morgan fingerprint density at radius 2 is 2.15 bits per heavy atom. The molecule has 2 bridgehead atoms. The van der Waals surface area contributed by atoms with Crippen molar-refractivity contribution in [3.63, 3.8) is 0 Å². The molecule has 3 atom stereocenters. The first-order valence-electron chi connectivity index (χ1n) is 7.97. The van der Waals surface area contributed by atoms with Gasteiger partial charge in [-0.2, -0.15) is 0 Å². The lowest BCUT2D eigenvalue weighted by Gasteiger charge is -2.43. The van der Waals surface area contributed by atoms with Gasteiger partial charge in [0.2, 0.25) is 0 Å². The number of carbonyl (C=O) groups is 1. The third-order valence-corrected chi connectivity index (χ3v) is 5.72. The maximum Gasteiger partial charge on any atom is 0.302 e. The highest BCUT2D eigenvalue weighted by Gasteiger charge is 2.44. The van der Waals surface area contributed by atoms with Crippen molar-refractivity contribution < 1.29 is 9.53 Å². The molecule has 4 rings (SSSR count). The predicted molar refractivity (Wildman–Crippen MR) is 78.0 cm³/mol. The zero-order valence-corrected chi connectivity index (χ0v) is 12.2. The number of fused-ring (bicyclic) bond motifs is 1. The van der Waals surface area contributed by atoms with E-state index in [1.165, 1.54) is 44.6 Å². The molecule has 1 spiro atoms. The molecule has 0 aromatic rings. The Morgan fingerprint density at radius 1 is 1.25 bits per heavy atom. The predicted octanol–water partition coefficient (Wildman–Crippen LogP) is 4.09. The van der Waals surface area contributed by atoms with Gasteiger partial charge >= 0.3 is 5.97 Å². The summed E-state index contributed by atoms with van der Waals surface area (Å²) in [7, 11) is 0. The molecule has 4 aliphatic rings. The monoisotopic (exact) mass is 270 g/mol. The van der Waals surface area contributed by atoms with E-state index >= 15 is 0 Å². The molecule has 2 nitrogen and oxygen atoms in total. The second-order valence-electron chi connectivity index (χ2n) is 6.90. The first kappa shape index (κ1) is 12.4. The highest BCUT2D eigenvalue weighted by atomic mass is 16.5. The van der Waals surface area contributed by atoms with Crippen molar-refractivity contribution in [3.8, 4) is 0 Å². The summed E-state index contributed by atoms with van der Waals surface area (Å²) in [6, 6.07) is 0. The molecule has 0 amide bonds. The standard InChI is InChI=1S/C18H22O2/c1-12(19)20-15-4-3-14-7-9-18-8-6-13(11-18)2-5-17(18)16(14)10-15/h2,5,11,14-15H,3-4,6-10H2,1H3. The maximum atomic E-state index is 11.2. The molecule has 0 heterocycles. The van der Waals surface area contributed by atoms with Gasteiger partial charge in [-0.1, -0.05) is 29.4 Å². The maximum absolute atomic E-state index is 11.2. The van der Waals surface area contributed by atoms with Gasteiger partial charge in [0.05, 0.1) is 0 Å². The molecular weight excluding hydrogens is 248 g/mol. The largest absolute Gasteiger partial charge is 0.462 e. The fourth-order valence-electron chi connectivity index (χ4n) is 4.82. The topological polar surface area (TPSA) is 26.3 Å². The van der Waals surface area contributed by atoms with E-state index in [0.717, 1.165) is 18.8 Å². The van der Waals surface area contributed by atoms with E-state index in [9.17, 15) is 4.79 Å². The number of rotatable bonds is 1. The fourth-order valence-corrected chi connectivity index (χ4v) is 4.82. The molecule has 0 radical (unpaired) electrons. The Balaban J connectivity index is 1.69. The van der Waals surface area contributed by atoms with Crippen molar-refractivity contribution >= 4 is 5.97 Å². The zero-order chi connectivity index (χ0) is 13.7. The molecule has 0 N–H and O–H groups in total. The number of hydrogen-bond donors (Lipinski definition) is 0. The van der Waals surface area contributed by atoms with Crippen LogP contribution in [0.4, 0.5) is 0 Å². The van der Waals surface area contributed by atoms with Gasteiger partial charge in [0.15, 0.2) is 0 Å². The summed E-state index contributed by atoms with van der Waals surface area (Å²) in [5, 5.41) is 0. The molecule has 1 fully saturated rings. The van der Waals surface area contributed by atoms with Crippen LogP contribution in [0.1, 0.15) is 51.9 Å². The third-order valence-electron chi connectivity index (χ3n) is 5.72. The number of ether oxygens (including phenoxy) is 1. The number of esters is 1. The summed E-state index contributed by atoms with van der Waals surface area (Å²) in [5.74, 6) is 0.606. The Morgan fingerprint density at radius 3 is 3.00 bits per heavy atom. The quantitative estimate of drug-likeness (QED) is 0.671. The van der Waals surface area contributed by atoms with Gasteiger partial charge in [0, 0.05) is 18.8 Å². The smallest absolute Gasteiger partial charge is 0.302 e. The molecule has 0 saturated heterocycles. The minimum Gasteiger partial charge on any atom is -0.462 e. The summed E-state index contributed by atoms with van der Waals surface area (Å²) in [6.07, 6.45) is 15.7. The highest BCUT2D eigenvalue weighted by molar-refractivity contribution is 5.66.